The lowest BCUT2D eigenvalue weighted by molar-refractivity contribution is 0.0923. The Morgan fingerprint density at radius 3 is 2.43 bits per heavy atom. The van der Waals surface area contributed by atoms with Crippen LogP contribution in [0, 0.1) is 13.8 Å². The van der Waals surface area contributed by atoms with Gasteiger partial charge in [-0.15, -0.1) is 11.3 Å². The van der Waals surface area contributed by atoms with E-state index in [1.54, 1.807) is 31.3 Å². The van der Waals surface area contributed by atoms with Crippen LogP contribution in [0.15, 0.2) is 17.6 Å². The third kappa shape index (κ3) is 3.88. The first-order valence-corrected chi connectivity index (χ1v) is 11.7. The highest BCUT2D eigenvalue weighted by atomic mass is 32.2. The lowest BCUT2D eigenvalue weighted by Gasteiger charge is -2.35. The highest BCUT2D eigenvalue weighted by Crippen LogP contribution is 2.25. The maximum Gasteiger partial charge on any atom is 0.253 e. The lowest BCUT2D eigenvalue weighted by atomic mass is 10.1. The summed E-state index contributed by atoms with van der Waals surface area (Å²) in [5.74, 6) is -0.118. The Bertz CT molecular complexity index is 948. The largest absolute Gasteiger partial charge is 0.349 e. The van der Waals surface area contributed by atoms with Crippen molar-refractivity contribution >= 4 is 27.3 Å². The van der Waals surface area contributed by atoms with Gasteiger partial charge >= 0.3 is 0 Å². The summed E-state index contributed by atoms with van der Waals surface area (Å²) >= 11 is 1.53. The lowest BCUT2D eigenvalue weighted by Crippen LogP contribution is -2.50. The van der Waals surface area contributed by atoms with Gasteiger partial charge in [-0.1, -0.05) is 0 Å². The highest BCUT2D eigenvalue weighted by Gasteiger charge is 2.37. The first kappa shape index (κ1) is 21.0. The van der Waals surface area contributed by atoms with Gasteiger partial charge in [0.25, 0.3) is 5.91 Å². The molecular weight excluding hydrogens is 396 g/mol. The molecule has 0 aromatic carbocycles. The van der Waals surface area contributed by atoms with Crippen molar-refractivity contribution in [3.8, 4) is 5.13 Å². The number of carbonyl (C=O) groups is 1. The van der Waals surface area contributed by atoms with Crippen LogP contribution in [0.3, 0.4) is 0 Å². The minimum absolute atomic E-state index is 0.0261. The first-order valence-electron chi connectivity index (χ1n) is 9.41. The van der Waals surface area contributed by atoms with Gasteiger partial charge in [-0.2, -0.15) is 0 Å². The topological polar surface area (TPSA) is 84.3 Å². The van der Waals surface area contributed by atoms with E-state index in [4.69, 9.17) is 0 Å². The van der Waals surface area contributed by atoms with Crippen molar-refractivity contribution in [1.82, 2.24) is 19.2 Å². The predicted molar refractivity (Wildman–Crippen MR) is 112 cm³/mol. The summed E-state index contributed by atoms with van der Waals surface area (Å²) in [6, 6.07) is 1.85. The molecule has 1 aliphatic heterocycles. The third-order valence-electron chi connectivity index (χ3n) is 5.19. The van der Waals surface area contributed by atoms with E-state index in [0.29, 0.717) is 31.5 Å². The average Bonchev–Trinajstić information content (AvgIpc) is 3.22. The number of hydrogen-bond acceptors (Lipinski definition) is 5. The van der Waals surface area contributed by atoms with Crippen molar-refractivity contribution in [3.63, 3.8) is 0 Å². The minimum Gasteiger partial charge on any atom is -0.349 e. The molecule has 9 heteroatoms. The van der Waals surface area contributed by atoms with Gasteiger partial charge in [0.1, 0.15) is 0 Å². The van der Waals surface area contributed by atoms with Gasteiger partial charge in [0.2, 0.25) is 10.0 Å². The monoisotopic (exact) mass is 424 g/mol. The molecule has 1 aliphatic rings. The standard InChI is InChI=1S/C19H28N4O3S2/c1-13-12-16(14(2)23(13)18-20-8-11-27-18)17(24)21-15-6-9-22(10-7-15)28(25,26)19(3,4)5/h8,11-12,15H,6-7,9-10H2,1-5H3,(H,21,24). The Morgan fingerprint density at radius 2 is 1.89 bits per heavy atom. The summed E-state index contributed by atoms with van der Waals surface area (Å²) < 4.78 is 27.9. The van der Waals surface area contributed by atoms with Crippen molar-refractivity contribution in [3.05, 3.63) is 34.6 Å². The zero-order chi connectivity index (χ0) is 20.7. The number of rotatable bonds is 4. The summed E-state index contributed by atoms with van der Waals surface area (Å²) in [5, 5.41) is 5.83. The van der Waals surface area contributed by atoms with Crippen LogP contribution in [0.1, 0.15) is 55.4 Å². The molecule has 0 aliphatic carbocycles. The fourth-order valence-corrected chi connectivity index (χ4v) is 5.72. The van der Waals surface area contributed by atoms with Gasteiger partial charge in [0, 0.05) is 42.1 Å². The normalized spacial score (nSPS) is 17.0. The molecule has 2 aromatic heterocycles. The van der Waals surface area contributed by atoms with Crippen LogP contribution < -0.4 is 5.32 Å². The van der Waals surface area contributed by atoms with Crippen molar-refractivity contribution in [1.29, 1.82) is 0 Å². The Kier molecular flexibility index (Phi) is 5.71. The molecule has 0 spiro atoms. The van der Waals surface area contributed by atoms with Crippen molar-refractivity contribution in [2.45, 2.75) is 58.2 Å². The Hall–Kier alpha value is -1.71. The molecule has 2 aromatic rings. The molecule has 154 valence electrons. The molecule has 1 amide bonds. The molecule has 7 nitrogen and oxygen atoms in total. The van der Waals surface area contributed by atoms with Gasteiger partial charge in [0.05, 0.1) is 10.3 Å². The molecule has 1 N–H and O–H groups in total. The molecule has 0 bridgehead atoms. The van der Waals surface area contributed by atoms with E-state index in [1.165, 1.54) is 11.3 Å². The number of amides is 1. The zero-order valence-corrected chi connectivity index (χ0v) is 18.7. The number of aryl methyl sites for hydroxylation is 1. The maximum absolute atomic E-state index is 12.8. The molecule has 0 radical (unpaired) electrons. The van der Waals surface area contributed by atoms with Gasteiger partial charge in [-0.25, -0.2) is 17.7 Å². The second-order valence-electron chi connectivity index (χ2n) is 8.20. The van der Waals surface area contributed by atoms with Crippen LogP contribution in [0.5, 0.6) is 0 Å². The number of nitrogens with zero attached hydrogens (tertiary/aromatic N) is 3. The molecule has 3 heterocycles. The van der Waals surface area contributed by atoms with Crippen LogP contribution in [-0.4, -0.2) is 52.1 Å². The van der Waals surface area contributed by atoms with E-state index in [1.807, 2.05) is 29.9 Å². The second-order valence-corrected chi connectivity index (χ2v) is 11.8. The second kappa shape index (κ2) is 7.61. The van der Waals surface area contributed by atoms with E-state index >= 15 is 0 Å². The van der Waals surface area contributed by atoms with E-state index < -0.39 is 14.8 Å². The van der Waals surface area contributed by atoms with Crippen LogP contribution in [0.4, 0.5) is 0 Å². The molecule has 0 saturated carbocycles. The quantitative estimate of drug-likeness (QED) is 0.818. The molecule has 1 fully saturated rings. The summed E-state index contributed by atoms with van der Waals surface area (Å²) in [6.45, 7) is 9.89. The summed E-state index contributed by atoms with van der Waals surface area (Å²) in [6.07, 6.45) is 2.98. The SMILES string of the molecule is Cc1cc(C(=O)NC2CCN(S(=O)(=O)C(C)(C)C)CC2)c(C)n1-c1nccs1. The first-order chi connectivity index (χ1) is 13.0. The zero-order valence-electron chi connectivity index (χ0n) is 17.0. The Balaban J connectivity index is 1.67. The maximum atomic E-state index is 12.8. The van der Waals surface area contributed by atoms with Gasteiger partial charge < -0.3 is 5.32 Å². The van der Waals surface area contributed by atoms with Crippen molar-refractivity contribution in [2.75, 3.05) is 13.1 Å². The fraction of sp³-hybridized carbons (Fsp3) is 0.579. The number of hydrogen-bond donors (Lipinski definition) is 1. The third-order valence-corrected chi connectivity index (χ3v) is 8.54. The molecule has 0 unspecified atom stereocenters. The summed E-state index contributed by atoms with van der Waals surface area (Å²) in [4.78, 5) is 17.2. The number of carbonyl (C=O) groups excluding carboxylic acids is 1. The van der Waals surface area contributed by atoms with Gasteiger partial charge in [-0.05, 0) is 53.5 Å². The van der Waals surface area contributed by atoms with E-state index in [0.717, 1.165) is 16.5 Å². The van der Waals surface area contributed by atoms with Crippen LogP contribution in [0.25, 0.3) is 5.13 Å². The smallest absolute Gasteiger partial charge is 0.253 e. The minimum atomic E-state index is -3.33. The van der Waals surface area contributed by atoms with E-state index in [9.17, 15) is 13.2 Å². The molecule has 0 atom stereocenters. The number of nitrogens with one attached hydrogen (secondary N) is 1. The van der Waals surface area contributed by atoms with Crippen LogP contribution in [-0.2, 0) is 10.0 Å². The fourth-order valence-electron chi connectivity index (χ4n) is 3.50. The number of piperidine rings is 1. The van der Waals surface area contributed by atoms with E-state index in [2.05, 4.69) is 10.3 Å². The summed E-state index contributed by atoms with van der Waals surface area (Å²) in [5.41, 5.74) is 2.46. The molecular formula is C19H28N4O3S2. The summed E-state index contributed by atoms with van der Waals surface area (Å²) in [7, 11) is -3.33. The number of sulfonamides is 1. The Morgan fingerprint density at radius 1 is 1.25 bits per heavy atom. The van der Waals surface area contributed by atoms with E-state index in [-0.39, 0.29) is 11.9 Å². The highest BCUT2D eigenvalue weighted by molar-refractivity contribution is 7.90. The number of thiazole rings is 1. The average molecular weight is 425 g/mol. The molecule has 1 saturated heterocycles. The van der Waals surface area contributed by atoms with Crippen LogP contribution in [0.2, 0.25) is 0 Å². The molecule has 3 rings (SSSR count). The van der Waals surface area contributed by atoms with Gasteiger partial charge in [0.15, 0.2) is 5.13 Å². The van der Waals surface area contributed by atoms with Gasteiger partial charge in [-0.3, -0.25) is 9.36 Å². The Labute approximate surface area is 170 Å². The van der Waals surface area contributed by atoms with Crippen LogP contribution >= 0.6 is 11.3 Å². The number of aromatic nitrogens is 2. The predicted octanol–water partition coefficient (Wildman–Crippen LogP) is 2.87. The molecule has 28 heavy (non-hydrogen) atoms. The van der Waals surface area contributed by atoms with Crippen molar-refractivity contribution in [2.24, 2.45) is 0 Å². The van der Waals surface area contributed by atoms with Crippen molar-refractivity contribution < 1.29 is 13.2 Å².